The lowest BCUT2D eigenvalue weighted by Gasteiger charge is -2.27. The molecule has 7 heteroatoms. The molecule has 0 aliphatic carbocycles. The molecule has 0 radical (unpaired) electrons. The predicted molar refractivity (Wildman–Crippen MR) is 113 cm³/mol. The maximum atomic E-state index is 13.4. The molecule has 1 N–H and O–H groups in total. The molecule has 0 spiro atoms. The normalized spacial score (nSPS) is 13.9. The van der Waals surface area contributed by atoms with Crippen molar-refractivity contribution >= 4 is 22.4 Å². The quantitative estimate of drug-likeness (QED) is 0.683. The fourth-order valence-electron chi connectivity index (χ4n) is 3.83. The Morgan fingerprint density at radius 1 is 1.03 bits per heavy atom. The molecule has 1 aliphatic rings. The van der Waals surface area contributed by atoms with Crippen LogP contribution in [-0.4, -0.2) is 50.2 Å². The van der Waals surface area contributed by atoms with Crippen molar-refractivity contribution in [1.29, 1.82) is 0 Å². The van der Waals surface area contributed by atoms with Crippen molar-refractivity contribution in [2.45, 2.75) is 6.42 Å². The minimum absolute atomic E-state index is 0.135. The molecule has 156 valence electrons. The molecular weight excluding hydrogens is 387 g/mol. The standard InChI is InChI=1S/C23H23FN2O4/c1-28-20-12-22(30-3)21(29-2)11-17(20)23(27)26-8-6-14(7-9-26)18-13-25-19-10-15(24)4-5-16(18)19/h4-6,10-13,25H,7-9H2,1-3H3. The second kappa shape index (κ2) is 8.10. The van der Waals surface area contributed by atoms with E-state index in [0.717, 1.165) is 22.0 Å². The summed E-state index contributed by atoms with van der Waals surface area (Å²) in [5.41, 5.74) is 3.37. The Hall–Kier alpha value is -3.48. The van der Waals surface area contributed by atoms with E-state index in [2.05, 4.69) is 4.98 Å². The minimum atomic E-state index is -0.269. The number of fused-ring (bicyclic) bond motifs is 1. The summed E-state index contributed by atoms with van der Waals surface area (Å²) in [5, 5.41) is 0.976. The average molecular weight is 410 g/mol. The van der Waals surface area contributed by atoms with Crippen LogP contribution in [-0.2, 0) is 0 Å². The number of carbonyl (C=O) groups is 1. The van der Waals surface area contributed by atoms with Gasteiger partial charge >= 0.3 is 0 Å². The van der Waals surface area contributed by atoms with E-state index in [0.29, 0.717) is 42.3 Å². The highest BCUT2D eigenvalue weighted by atomic mass is 19.1. The highest BCUT2D eigenvalue weighted by Crippen LogP contribution is 2.36. The van der Waals surface area contributed by atoms with Gasteiger partial charge in [-0.2, -0.15) is 0 Å². The number of nitrogens with one attached hydrogen (secondary N) is 1. The fraction of sp³-hybridized carbons (Fsp3) is 0.261. The van der Waals surface area contributed by atoms with Crippen LogP contribution in [0, 0.1) is 5.82 Å². The van der Waals surface area contributed by atoms with Gasteiger partial charge in [-0.25, -0.2) is 4.39 Å². The highest BCUT2D eigenvalue weighted by Gasteiger charge is 2.25. The Morgan fingerprint density at radius 3 is 2.43 bits per heavy atom. The van der Waals surface area contributed by atoms with E-state index < -0.39 is 0 Å². The van der Waals surface area contributed by atoms with Gasteiger partial charge in [0.25, 0.3) is 5.91 Å². The van der Waals surface area contributed by atoms with Crippen molar-refractivity contribution in [3.05, 3.63) is 59.5 Å². The van der Waals surface area contributed by atoms with Gasteiger partial charge in [-0.15, -0.1) is 0 Å². The molecule has 3 aromatic rings. The average Bonchev–Trinajstić information content (AvgIpc) is 3.20. The minimum Gasteiger partial charge on any atom is -0.496 e. The molecule has 2 aromatic carbocycles. The second-order valence-corrected chi connectivity index (χ2v) is 7.03. The lowest BCUT2D eigenvalue weighted by Crippen LogP contribution is -2.34. The molecule has 1 aliphatic heterocycles. The number of halogens is 1. The Labute approximate surface area is 173 Å². The van der Waals surface area contributed by atoms with Crippen molar-refractivity contribution in [2.75, 3.05) is 34.4 Å². The molecular formula is C23H23FN2O4. The molecule has 6 nitrogen and oxygen atoms in total. The molecule has 30 heavy (non-hydrogen) atoms. The number of ether oxygens (including phenoxy) is 3. The van der Waals surface area contributed by atoms with Crippen molar-refractivity contribution in [3.8, 4) is 17.2 Å². The third-order valence-electron chi connectivity index (χ3n) is 5.42. The summed E-state index contributed by atoms with van der Waals surface area (Å²) in [6.45, 7) is 1.04. The smallest absolute Gasteiger partial charge is 0.258 e. The van der Waals surface area contributed by atoms with Crippen LogP contribution < -0.4 is 14.2 Å². The van der Waals surface area contributed by atoms with Crippen LogP contribution >= 0.6 is 0 Å². The molecule has 0 atom stereocenters. The monoisotopic (exact) mass is 410 g/mol. The van der Waals surface area contributed by atoms with Crippen molar-refractivity contribution < 1.29 is 23.4 Å². The molecule has 1 amide bonds. The van der Waals surface area contributed by atoms with Crippen LogP contribution in [0.3, 0.4) is 0 Å². The van der Waals surface area contributed by atoms with Crippen LogP contribution in [0.1, 0.15) is 22.3 Å². The van der Waals surface area contributed by atoms with Crippen molar-refractivity contribution in [2.24, 2.45) is 0 Å². The number of carbonyl (C=O) groups excluding carboxylic acids is 1. The van der Waals surface area contributed by atoms with E-state index in [1.165, 1.54) is 33.5 Å². The zero-order chi connectivity index (χ0) is 21.3. The summed E-state index contributed by atoms with van der Waals surface area (Å²) in [6.07, 6.45) is 4.64. The second-order valence-electron chi connectivity index (χ2n) is 7.03. The predicted octanol–water partition coefficient (Wildman–Crippen LogP) is 4.26. The number of benzene rings is 2. The number of amides is 1. The number of aromatic nitrogens is 1. The Morgan fingerprint density at radius 2 is 1.77 bits per heavy atom. The van der Waals surface area contributed by atoms with Gasteiger partial charge in [0.15, 0.2) is 11.5 Å². The van der Waals surface area contributed by atoms with Gasteiger partial charge in [0.05, 0.1) is 26.9 Å². The zero-order valence-electron chi connectivity index (χ0n) is 17.1. The molecule has 1 aromatic heterocycles. The Balaban J connectivity index is 1.59. The number of rotatable bonds is 5. The van der Waals surface area contributed by atoms with Crippen LogP contribution in [0.4, 0.5) is 4.39 Å². The Bertz CT molecular complexity index is 1140. The number of aromatic amines is 1. The van der Waals surface area contributed by atoms with Gasteiger partial charge in [-0.1, -0.05) is 6.08 Å². The van der Waals surface area contributed by atoms with E-state index >= 15 is 0 Å². The van der Waals surface area contributed by atoms with E-state index in [1.54, 1.807) is 23.1 Å². The van der Waals surface area contributed by atoms with Crippen LogP contribution in [0.5, 0.6) is 17.2 Å². The lowest BCUT2D eigenvalue weighted by atomic mass is 9.98. The first kappa shape index (κ1) is 19.8. The number of nitrogens with zero attached hydrogens (tertiary/aromatic N) is 1. The third-order valence-corrected chi connectivity index (χ3v) is 5.42. The van der Waals surface area contributed by atoms with E-state index in [4.69, 9.17) is 14.2 Å². The highest BCUT2D eigenvalue weighted by molar-refractivity contribution is 5.99. The van der Waals surface area contributed by atoms with Gasteiger partial charge in [0, 0.05) is 47.9 Å². The summed E-state index contributed by atoms with van der Waals surface area (Å²) in [7, 11) is 4.59. The van der Waals surface area contributed by atoms with E-state index in [9.17, 15) is 9.18 Å². The van der Waals surface area contributed by atoms with E-state index in [-0.39, 0.29) is 11.7 Å². The van der Waals surface area contributed by atoms with Crippen molar-refractivity contribution in [1.82, 2.24) is 9.88 Å². The zero-order valence-corrected chi connectivity index (χ0v) is 17.1. The summed E-state index contributed by atoms with van der Waals surface area (Å²) >= 11 is 0. The summed E-state index contributed by atoms with van der Waals surface area (Å²) < 4.78 is 29.5. The van der Waals surface area contributed by atoms with Crippen molar-refractivity contribution in [3.63, 3.8) is 0 Å². The molecule has 2 heterocycles. The van der Waals surface area contributed by atoms with E-state index in [1.807, 2.05) is 12.3 Å². The third kappa shape index (κ3) is 3.47. The lowest BCUT2D eigenvalue weighted by molar-refractivity contribution is 0.0769. The number of methoxy groups -OCH3 is 3. The number of H-pyrrole nitrogens is 1. The SMILES string of the molecule is COc1cc(OC)c(C(=O)N2CC=C(c3c[nH]c4cc(F)ccc34)CC2)cc1OC. The summed E-state index contributed by atoms with van der Waals surface area (Å²) in [6, 6.07) is 8.03. The molecule has 0 bridgehead atoms. The molecule has 0 unspecified atom stereocenters. The topological polar surface area (TPSA) is 63.8 Å². The van der Waals surface area contributed by atoms with Crippen LogP contribution in [0.15, 0.2) is 42.6 Å². The Kier molecular flexibility index (Phi) is 5.35. The van der Waals surface area contributed by atoms with Gasteiger partial charge < -0.3 is 24.1 Å². The molecule has 4 rings (SSSR count). The fourth-order valence-corrected chi connectivity index (χ4v) is 3.83. The van der Waals surface area contributed by atoms with Gasteiger partial charge in [0.2, 0.25) is 0 Å². The first-order valence-electron chi connectivity index (χ1n) is 9.61. The number of hydrogen-bond donors (Lipinski definition) is 1. The summed E-state index contributed by atoms with van der Waals surface area (Å²) in [4.78, 5) is 18.0. The number of hydrogen-bond acceptors (Lipinski definition) is 4. The maximum absolute atomic E-state index is 13.4. The van der Waals surface area contributed by atoms with Gasteiger partial charge in [0.1, 0.15) is 11.6 Å². The first-order valence-corrected chi connectivity index (χ1v) is 9.61. The maximum Gasteiger partial charge on any atom is 0.258 e. The van der Waals surface area contributed by atoms with Gasteiger partial charge in [-0.3, -0.25) is 4.79 Å². The molecule has 0 saturated heterocycles. The largest absolute Gasteiger partial charge is 0.496 e. The first-order chi connectivity index (χ1) is 14.5. The van der Waals surface area contributed by atoms with Crippen LogP contribution in [0.25, 0.3) is 16.5 Å². The molecule has 0 saturated carbocycles. The van der Waals surface area contributed by atoms with Crippen LogP contribution in [0.2, 0.25) is 0 Å². The summed E-state index contributed by atoms with van der Waals surface area (Å²) in [5.74, 6) is 1.01. The molecule has 0 fully saturated rings. The van der Waals surface area contributed by atoms with Gasteiger partial charge in [-0.05, 0) is 30.2 Å².